The van der Waals surface area contributed by atoms with Gasteiger partial charge in [0.25, 0.3) is 0 Å². The van der Waals surface area contributed by atoms with Gasteiger partial charge in [0.15, 0.2) is 0 Å². The average Bonchev–Trinajstić information content (AvgIpc) is 1.94. The fourth-order valence-electron chi connectivity index (χ4n) is 0.970. The standard InChI is InChI=1S/C8H10BBr/c1-2-4-7-5-3-6-9-8(7)10/h3,5-6H,2,4H2,1H3. The molecular formula is C8H10BBr. The van der Waals surface area contributed by atoms with Gasteiger partial charge < -0.3 is 0 Å². The van der Waals surface area contributed by atoms with Crippen LogP contribution in [0.1, 0.15) is 18.9 Å². The number of halogens is 1. The Bertz CT molecular complexity index is 210. The molecule has 0 amide bonds. The minimum atomic E-state index is 1.17. The zero-order valence-electron chi connectivity index (χ0n) is 6.10. The summed E-state index contributed by atoms with van der Waals surface area (Å²) in [6.45, 7) is 4.28. The van der Waals surface area contributed by atoms with Crippen molar-refractivity contribution in [3.05, 3.63) is 28.0 Å². The average molecular weight is 197 g/mol. The Morgan fingerprint density at radius 1 is 1.60 bits per heavy atom. The Morgan fingerprint density at radius 2 is 2.40 bits per heavy atom. The van der Waals surface area contributed by atoms with Gasteiger partial charge in [-0.1, -0.05) is 0 Å². The van der Waals surface area contributed by atoms with Gasteiger partial charge in [0.05, 0.1) is 0 Å². The van der Waals surface area contributed by atoms with Crippen molar-refractivity contribution in [2.45, 2.75) is 19.8 Å². The van der Waals surface area contributed by atoms with Crippen LogP contribution in [-0.2, 0) is 6.42 Å². The molecule has 0 aromatic carbocycles. The number of rotatable bonds is 2. The van der Waals surface area contributed by atoms with Crippen molar-refractivity contribution >= 4 is 22.8 Å². The molecule has 1 heterocycles. The second kappa shape index (κ2) is 3.92. The van der Waals surface area contributed by atoms with Crippen LogP contribution in [0.25, 0.3) is 0 Å². The molecule has 0 atom stereocenters. The van der Waals surface area contributed by atoms with Gasteiger partial charge in [-0.05, 0) is 0 Å². The van der Waals surface area contributed by atoms with Crippen molar-refractivity contribution in [1.29, 1.82) is 0 Å². The zero-order valence-corrected chi connectivity index (χ0v) is 7.69. The third kappa shape index (κ3) is 1.94. The summed E-state index contributed by atoms with van der Waals surface area (Å²) in [6.07, 6.45) is 2.38. The fraction of sp³-hybridized carbons (Fsp3) is 0.375. The van der Waals surface area contributed by atoms with E-state index in [4.69, 9.17) is 0 Å². The van der Waals surface area contributed by atoms with Crippen molar-refractivity contribution < 1.29 is 0 Å². The van der Waals surface area contributed by atoms with Crippen LogP contribution in [0.4, 0.5) is 0 Å². The molecule has 0 fully saturated rings. The van der Waals surface area contributed by atoms with Gasteiger partial charge in [-0.15, -0.1) is 0 Å². The van der Waals surface area contributed by atoms with E-state index in [-0.39, 0.29) is 0 Å². The van der Waals surface area contributed by atoms with E-state index in [2.05, 4.69) is 41.9 Å². The first kappa shape index (κ1) is 8.00. The van der Waals surface area contributed by atoms with Crippen molar-refractivity contribution in [1.82, 2.24) is 0 Å². The Morgan fingerprint density at radius 3 is 3.00 bits per heavy atom. The molecule has 52 valence electrons. The van der Waals surface area contributed by atoms with E-state index in [1.165, 1.54) is 22.8 Å². The summed E-state index contributed by atoms with van der Waals surface area (Å²) in [5.74, 6) is 2.04. The summed E-state index contributed by atoms with van der Waals surface area (Å²) in [4.78, 5) is 0. The monoisotopic (exact) mass is 196 g/mol. The predicted octanol–water partition coefficient (Wildman–Crippen LogP) is 2.74. The molecule has 1 aromatic rings. The van der Waals surface area contributed by atoms with Crippen LogP contribution >= 0.6 is 15.9 Å². The van der Waals surface area contributed by atoms with Crippen LogP contribution in [-0.4, -0.2) is 6.91 Å². The Hall–Kier alpha value is -0.105. The van der Waals surface area contributed by atoms with Crippen molar-refractivity contribution in [2.24, 2.45) is 0 Å². The summed E-state index contributed by atoms with van der Waals surface area (Å²) in [6, 6.07) is 4.24. The molecule has 0 N–H and O–H groups in total. The Kier molecular flexibility index (Phi) is 3.13. The third-order valence-electron chi connectivity index (χ3n) is 1.48. The van der Waals surface area contributed by atoms with E-state index in [1.807, 2.05) is 5.96 Å². The molecule has 1 rings (SSSR count). The first-order valence-corrected chi connectivity index (χ1v) is 4.37. The molecule has 0 nitrogen and oxygen atoms in total. The van der Waals surface area contributed by atoms with Gasteiger partial charge in [-0.3, -0.25) is 0 Å². The molecule has 0 saturated carbocycles. The summed E-state index contributed by atoms with van der Waals surface area (Å²) < 4.78 is 1.23. The van der Waals surface area contributed by atoms with E-state index in [1.54, 1.807) is 0 Å². The summed E-state index contributed by atoms with van der Waals surface area (Å²) >= 11 is 3.50. The predicted molar refractivity (Wildman–Crippen MR) is 49.5 cm³/mol. The van der Waals surface area contributed by atoms with E-state index in [9.17, 15) is 0 Å². The van der Waals surface area contributed by atoms with Crippen molar-refractivity contribution in [2.75, 3.05) is 0 Å². The third-order valence-corrected chi connectivity index (χ3v) is 2.25. The van der Waals surface area contributed by atoms with Crippen LogP contribution in [0.2, 0.25) is 0 Å². The molecule has 0 unspecified atom stereocenters. The number of hydrogen-bond acceptors (Lipinski definition) is 0. The SMILES string of the molecule is CCCc1cccbc1Br. The van der Waals surface area contributed by atoms with Gasteiger partial charge in [0.2, 0.25) is 0 Å². The van der Waals surface area contributed by atoms with Gasteiger partial charge >= 0.3 is 70.6 Å². The van der Waals surface area contributed by atoms with E-state index < -0.39 is 0 Å². The van der Waals surface area contributed by atoms with E-state index in [0.29, 0.717) is 0 Å². The van der Waals surface area contributed by atoms with Gasteiger partial charge in [-0.2, -0.15) is 0 Å². The molecule has 10 heavy (non-hydrogen) atoms. The molecular weight excluding hydrogens is 187 g/mol. The van der Waals surface area contributed by atoms with Crippen LogP contribution in [0.5, 0.6) is 0 Å². The van der Waals surface area contributed by atoms with Gasteiger partial charge in [0, 0.05) is 0 Å². The van der Waals surface area contributed by atoms with Crippen molar-refractivity contribution in [3.63, 3.8) is 0 Å². The molecule has 0 radical (unpaired) electrons. The molecule has 0 aliphatic rings. The fourth-order valence-corrected chi connectivity index (χ4v) is 1.45. The van der Waals surface area contributed by atoms with Crippen LogP contribution in [0, 0.1) is 0 Å². The Labute approximate surface area is 71.0 Å². The van der Waals surface area contributed by atoms with E-state index in [0.717, 1.165) is 0 Å². The summed E-state index contributed by atoms with van der Waals surface area (Å²) in [5, 5.41) is 0. The first-order valence-electron chi connectivity index (χ1n) is 3.58. The molecule has 1 aromatic heterocycles. The maximum absolute atomic E-state index is 3.50. The first-order chi connectivity index (χ1) is 4.84. The number of hydrogen-bond donors (Lipinski definition) is 0. The zero-order chi connectivity index (χ0) is 7.40. The molecule has 0 bridgehead atoms. The second-order valence-electron chi connectivity index (χ2n) is 2.34. The maximum atomic E-state index is 3.50. The molecule has 0 saturated heterocycles. The van der Waals surface area contributed by atoms with Crippen molar-refractivity contribution in [3.8, 4) is 0 Å². The molecule has 0 aliphatic heterocycles. The van der Waals surface area contributed by atoms with Gasteiger partial charge in [0.1, 0.15) is 0 Å². The molecule has 2 heteroatoms. The quantitative estimate of drug-likeness (QED) is 0.683. The minimum absolute atomic E-state index is 1.17. The van der Waals surface area contributed by atoms with E-state index >= 15 is 0 Å². The van der Waals surface area contributed by atoms with Gasteiger partial charge in [-0.25, -0.2) is 0 Å². The summed E-state index contributed by atoms with van der Waals surface area (Å²) in [7, 11) is 0. The van der Waals surface area contributed by atoms with Crippen LogP contribution < -0.4 is 0 Å². The molecule has 0 spiro atoms. The Balaban J connectivity index is 2.81. The number of aryl methyl sites for hydroxylation is 1. The molecule has 0 aliphatic carbocycles. The topological polar surface area (TPSA) is 0 Å². The van der Waals surface area contributed by atoms with Crippen LogP contribution in [0.15, 0.2) is 22.5 Å². The van der Waals surface area contributed by atoms with Crippen LogP contribution in [0.3, 0.4) is 0 Å². The normalized spacial score (nSPS) is 9.40. The second-order valence-corrected chi connectivity index (χ2v) is 3.20. The summed E-state index contributed by atoms with van der Waals surface area (Å²) in [5.41, 5.74) is 1.41.